The number of carbonyl (C=O) groups is 1. The van der Waals surface area contributed by atoms with E-state index in [1.54, 1.807) is 0 Å². The van der Waals surface area contributed by atoms with Gasteiger partial charge in [0, 0.05) is 11.1 Å². The van der Waals surface area contributed by atoms with E-state index in [9.17, 15) is 9.90 Å². The van der Waals surface area contributed by atoms with Gasteiger partial charge in [0.1, 0.15) is 24.4 Å². The van der Waals surface area contributed by atoms with Crippen LogP contribution in [0.15, 0.2) is 23.5 Å². The Morgan fingerprint density at radius 3 is 3.06 bits per heavy atom. The maximum Gasteiger partial charge on any atom is 0.194 e. The quantitative estimate of drug-likeness (QED) is 0.699. The van der Waals surface area contributed by atoms with Gasteiger partial charge in [-0.1, -0.05) is 13.3 Å². The van der Waals surface area contributed by atoms with Crippen LogP contribution in [0.25, 0.3) is 0 Å². The lowest BCUT2D eigenvalue weighted by atomic mass is 9.85. The molecule has 2 aliphatic heterocycles. The molecule has 0 aromatic rings. The smallest absolute Gasteiger partial charge is 0.194 e. The Hall–Kier alpha value is -1.13. The van der Waals surface area contributed by atoms with Crippen molar-refractivity contribution in [3.8, 4) is 0 Å². The first-order valence-corrected chi connectivity index (χ1v) is 5.68. The third kappa shape index (κ3) is 1.33. The average molecular weight is 222 g/mol. The Bertz CT molecular complexity index is 396. The van der Waals surface area contributed by atoms with Crippen molar-refractivity contribution in [2.75, 3.05) is 0 Å². The summed E-state index contributed by atoms with van der Waals surface area (Å²) in [5.74, 6) is -0.00838. The Labute approximate surface area is 93.5 Å². The summed E-state index contributed by atoms with van der Waals surface area (Å²) >= 11 is 0. The molecule has 3 rings (SSSR count). The summed E-state index contributed by atoms with van der Waals surface area (Å²) < 4.78 is 10.6. The minimum Gasteiger partial charge on any atom is -0.494 e. The highest BCUT2D eigenvalue weighted by Gasteiger charge is 2.57. The van der Waals surface area contributed by atoms with Gasteiger partial charge in [0.05, 0.1) is 6.26 Å². The molecular formula is C12H14O4. The minimum absolute atomic E-state index is 0.00838. The molecule has 0 spiro atoms. The van der Waals surface area contributed by atoms with E-state index >= 15 is 0 Å². The van der Waals surface area contributed by atoms with Crippen LogP contribution < -0.4 is 0 Å². The molecule has 1 N–H and O–H groups in total. The molecule has 1 saturated carbocycles. The topological polar surface area (TPSA) is 59.1 Å². The van der Waals surface area contributed by atoms with E-state index in [1.165, 1.54) is 6.26 Å². The summed E-state index contributed by atoms with van der Waals surface area (Å²) in [5, 5.41) is 9.88. The van der Waals surface area contributed by atoms with Gasteiger partial charge in [0.25, 0.3) is 0 Å². The van der Waals surface area contributed by atoms with Crippen molar-refractivity contribution in [2.45, 2.75) is 44.2 Å². The molecule has 0 aromatic heterocycles. The lowest BCUT2D eigenvalue weighted by molar-refractivity contribution is -0.117. The normalized spacial score (nSPS) is 40.2. The Morgan fingerprint density at radius 1 is 1.50 bits per heavy atom. The number of fused-ring (bicyclic) bond motifs is 2. The highest BCUT2D eigenvalue weighted by Crippen LogP contribution is 2.41. The number of rotatable bonds is 2. The van der Waals surface area contributed by atoms with Gasteiger partial charge in [-0.25, -0.2) is 0 Å². The third-order valence-electron chi connectivity index (χ3n) is 3.29. The van der Waals surface area contributed by atoms with Gasteiger partial charge in [0.15, 0.2) is 5.78 Å². The van der Waals surface area contributed by atoms with Crippen LogP contribution in [-0.2, 0) is 14.3 Å². The average Bonchev–Trinajstić information content (AvgIpc) is 3.07. The fourth-order valence-corrected chi connectivity index (χ4v) is 2.34. The first-order valence-electron chi connectivity index (χ1n) is 5.68. The van der Waals surface area contributed by atoms with Crippen molar-refractivity contribution < 1.29 is 19.4 Å². The van der Waals surface area contributed by atoms with E-state index in [4.69, 9.17) is 9.47 Å². The predicted octanol–water partition coefficient (Wildman–Crippen LogP) is 0.707. The Kier molecular flexibility index (Phi) is 2.16. The molecule has 2 heterocycles. The molecule has 4 atom stereocenters. The van der Waals surface area contributed by atoms with Gasteiger partial charge >= 0.3 is 0 Å². The number of ketones is 1. The van der Waals surface area contributed by atoms with Gasteiger partial charge in [-0.3, -0.25) is 4.79 Å². The highest BCUT2D eigenvalue weighted by molar-refractivity contribution is 6.06. The Morgan fingerprint density at radius 2 is 2.31 bits per heavy atom. The number of aliphatic hydroxyl groups is 1. The summed E-state index contributed by atoms with van der Waals surface area (Å²) in [6, 6.07) is 0. The van der Waals surface area contributed by atoms with E-state index in [2.05, 4.69) is 6.92 Å². The molecule has 0 amide bonds. The molecule has 1 saturated heterocycles. The van der Waals surface area contributed by atoms with Crippen molar-refractivity contribution >= 4 is 5.78 Å². The molecule has 4 nitrogen and oxygen atoms in total. The zero-order chi connectivity index (χ0) is 11.3. The molecule has 3 aliphatic rings. The second kappa shape index (κ2) is 3.43. The van der Waals surface area contributed by atoms with Crippen molar-refractivity contribution in [3.63, 3.8) is 0 Å². The van der Waals surface area contributed by atoms with E-state index in [0.29, 0.717) is 11.1 Å². The molecule has 4 heteroatoms. The van der Waals surface area contributed by atoms with Crippen molar-refractivity contribution in [3.05, 3.63) is 23.5 Å². The zero-order valence-electron chi connectivity index (χ0n) is 9.05. The molecule has 2 fully saturated rings. The van der Waals surface area contributed by atoms with Gasteiger partial charge in [0.2, 0.25) is 0 Å². The SMILES string of the molecule is CCCC1C=C2C(=O)[C@H]3O[C@H]3[C@H](O)C2=CO1. The summed E-state index contributed by atoms with van der Waals surface area (Å²) in [5.41, 5.74) is 1.17. The van der Waals surface area contributed by atoms with Crippen molar-refractivity contribution in [2.24, 2.45) is 0 Å². The van der Waals surface area contributed by atoms with Crippen LogP contribution in [0.5, 0.6) is 0 Å². The molecule has 0 bridgehead atoms. The number of hydrogen-bond acceptors (Lipinski definition) is 4. The van der Waals surface area contributed by atoms with Crippen LogP contribution in [0.2, 0.25) is 0 Å². The van der Waals surface area contributed by atoms with Crippen molar-refractivity contribution in [1.29, 1.82) is 0 Å². The molecular weight excluding hydrogens is 208 g/mol. The number of Topliss-reactive ketones (excluding diaryl/α,β-unsaturated/α-hetero) is 1. The summed E-state index contributed by atoms with van der Waals surface area (Å²) in [6.45, 7) is 2.07. The van der Waals surface area contributed by atoms with E-state index in [1.807, 2.05) is 6.08 Å². The number of epoxide rings is 1. The lowest BCUT2D eigenvalue weighted by Gasteiger charge is -2.26. The fourth-order valence-electron chi connectivity index (χ4n) is 2.34. The largest absolute Gasteiger partial charge is 0.494 e. The van der Waals surface area contributed by atoms with Gasteiger partial charge < -0.3 is 14.6 Å². The maximum absolute atomic E-state index is 11.9. The van der Waals surface area contributed by atoms with Crippen molar-refractivity contribution in [1.82, 2.24) is 0 Å². The predicted molar refractivity (Wildman–Crippen MR) is 55.6 cm³/mol. The number of ether oxygens (including phenoxy) is 2. The zero-order valence-corrected chi connectivity index (χ0v) is 9.05. The number of hydrogen-bond donors (Lipinski definition) is 1. The lowest BCUT2D eigenvalue weighted by Crippen LogP contribution is -2.35. The molecule has 1 unspecified atom stereocenters. The van der Waals surface area contributed by atoms with Gasteiger partial charge in [-0.15, -0.1) is 0 Å². The first-order chi connectivity index (χ1) is 7.72. The second-order valence-corrected chi connectivity index (χ2v) is 4.45. The highest BCUT2D eigenvalue weighted by atomic mass is 16.6. The van der Waals surface area contributed by atoms with Crippen LogP contribution in [0.4, 0.5) is 0 Å². The van der Waals surface area contributed by atoms with Crippen LogP contribution in [-0.4, -0.2) is 35.3 Å². The summed E-state index contributed by atoms with van der Waals surface area (Å²) in [6.07, 6.45) is 3.70. The third-order valence-corrected chi connectivity index (χ3v) is 3.29. The maximum atomic E-state index is 11.9. The molecule has 16 heavy (non-hydrogen) atoms. The van der Waals surface area contributed by atoms with E-state index in [-0.39, 0.29) is 18.0 Å². The van der Waals surface area contributed by atoms with Crippen LogP contribution in [0.3, 0.4) is 0 Å². The van der Waals surface area contributed by atoms with Crippen LogP contribution in [0, 0.1) is 0 Å². The molecule has 0 aromatic carbocycles. The Balaban J connectivity index is 1.90. The van der Waals surface area contributed by atoms with Crippen LogP contribution >= 0.6 is 0 Å². The first kappa shape index (κ1) is 10.1. The molecule has 1 aliphatic carbocycles. The van der Waals surface area contributed by atoms with E-state index in [0.717, 1.165) is 12.8 Å². The van der Waals surface area contributed by atoms with Gasteiger partial charge in [-0.05, 0) is 12.5 Å². The summed E-state index contributed by atoms with van der Waals surface area (Å²) in [4.78, 5) is 11.9. The van der Waals surface area contributed by atoms with E-state index < -0.39 is 12.2 Å². The molecule has 0 radical (unpaired) electrons. The number of carbonyl (C=O) groups excluding carboxylic acids is 1. The van der Waals surface area contributed by atoms with Crippen LogP contribution in [0.1, 0.15) is 19.8 Å². The molecule has 86 valence electrons. The standard InChI is InChI=1S/C12H14O4/c1-2-3-6-4-7-8(5-15-6)10(14)12-11(16-12)9(7)13/h4-6,10-12,14H,2-3H2,1H3/t6?,10-,11-,12+/m1/s1. The monoisotopic (exact) mass is 222 g/mol. The van der Waals surface area contributed by atoms with Gasteiger partial charge in [-0.2, -0.15) is 0 Å². The second-order valence-electron chi connectivity index (χ2n) is 4.45. The fraction of sp³-hybridized carbons (Fsp3) is 0.583. The number of aliphatic hydroxyl groups excluding tert-OH is 1. The summed E-state index contributed by atoms with van der Waals surface area (Å²) in [7, 11) is 0. The minimum atomic E-state index is -0.712.